The molecule has 0 saturated carbocycles. The molecular formula is C51H35N3. The third kappa shape index (κ3) is 6.74. The molecule has 1 heterocycles. The van der Waals surface area contributed by atoms with E-state index in [1.54, 1.807) is 0 Å². The summed E-state index contributed by atoms with van der Waals surface area (Å²) in [5, 5.41) is 0. The summed E-state index contributed by atoms with van der Waals surface area (Å²) in [6.07, 6.45) is 0. The van der Waals surface area contributed by atoms with Crippen molar-refractivity contribution >= 4 is 0 Å². The van der Waals surface area contributed by atoms with Crippen LogP contribution in [0, 0.1) is 0 Å². The van der Waals surface area contributed by atoms with Gasteiger partial charge in [0, 0.05) is 16.7 Å². The van der Waals surface area contributed by atoms with Crippen LogP contribution in [0.3, 0.4) is 0 Å². The fourth-order valence-electron chi connectivity index (χ4n) is 7.01. The maximum absolute atomic E-state index is 5.20. The fraction of sp³-hybridized carbons (Fsp3) is 0. The highest BCUT2D eigenvalue weighted by atomic mass is 15.0. The van der Waals surface area contributed by atoms with Crippen molar-refractivity contribution in [3.05, 3.63) is 212 Å². The molecule has 3 nitrogen and oxygen atoms in total. The lowest BCUT2D eigenvalue weighted by atomic mass is 9.94. The molecule has 0 unspecified atom stereocenters. The minimum absolute atomic E-state index is 0.621. The van der Waals surface area contributed by atoms with E-state index in [1.807, 2.05) is 18.2 Å². The SMILES string of the molecule is c1ccc(-c2ccc(-c3nc(-c4ccc(-c5ccccc5-c5ccccc5)cc4)nc(-c4ccc(-c5ccccc5)cc4-c4ccccc4)n3)cc2)cc1. The van der Waals surface area contributed by atoms with Crippen molar-refractivity contribution < 1.29 is 0 Å². The van der Waals surface area contributed by atoms with Crippen molar-refractivity contribution in [3.8, 4) is 89.8 Å². The predicted octanol–water partition coefficient (Wildman–Crippen LogP) is 13.2. The van der Waals surface area contributed by atoms with E-state index in [2.05, 4.69) is 194 Å². The fourth-order valence-corrected chi connectivity index (χ4v) is 7.01. The van der Waals surface area contributed by atoms with Crippen molar-refractivity contribution in [3.63, 3.8) is 0 Å². The number of benzene rings is 8. The van der Waals surface area contributed by atoms with Crippen LogP contribution in [0.15, 0.2) is 212 Å². The molecule has 0 amide bonds. The first-order valence-corrected chi connectivity index (χ1v) is 18.2. The van der Waals surface area contributed by atoms with Crippen molar-refractivity contribution in [2.45, 2.75) is 0 Å². The minimum Gasteiger partial charge on any atom is -0.208 e. The third-order valence-corrected chi connectivity index (χ3v) is 9.80. The minimum atomic E-state index is 0.621. The molecule has 8 aromatic carbocycles. The normalized spacial score (nSPS) is 11.0. The van der Waals surface area contributed by atoms with Crippen molar-refractivity contribution in [2.75, 3.05) is 0 Å². The molecule has 3 heteroatoms. The number of nitrogens with zero attached hydrogens (tertiary/aromatic N) is 3. The molecule has 254 valence electrons. The standard InChI is InChI=1S/C51H35N3/c1-5-15-36(16-6-1)38-25-29-42(30-26-38)49-52-50(43-31-27-41(28-32-43)46-24-14-13-23-45(46)39-19-9-3-10-20-39)54-51(53-49)47-34-33-44(37-17-7-2-8-18-37)35-48(47)40-21-11-4-12-22-40/h1-35H. The van der Waals surface area contributed by atoms with Gasteiger partial charge in [0.05, 0.1) is 0 Å². The third-order valence-electron chi connectivity index (χ3n) is 9.80. The number of hydrogen-bond acceptors (Lipinski definition) is 3. The zero-order chi connectivity index (χ0) is 36.1. The van der Waals surface area contributed by atoms with Crippen LogP contribution in [-0.2, 0) is 0 Å². The molecular weight excluding hydrogens is 655 g/mol. The van der Waals surface area contributed by atoms with E-state index in [-0.39, 0.29) is 0 Å². The monoisotopic (exact) mass is 689 g/mol. The quantitative estimate of drug-likeness (QED) is 0.159. The second-order valence-corrected chi connectivity index (χ2v) is 13.2. The lowest BCUT2D eigenvalue weighted by Gasteiger charge is -2.14. The summed E-state index contributed by atoms with van der Waals surface area (Å²) in [6.45, 7) is 0. The average Bonchev–Trinajstić information content (AvgIpc) is 3.27. The van der Waals surface area contributed by atoms with Gasteiger partial charge in [0.25, 0.3) is 0 Å². The largest absolute Gasteiger partial charge is 0.208 e. The summed E-state index contributed by atoms with van der Waals surface area (Å²) < 4.78 is 0. The van der Waals surface area contributed by atoms with Gasteiger partial charge in [-0.05, 0) is 67.8 Å². The summed E-state index contributed by atoms with van der Waals surface area (Å²) in [4.78, 5) is 15.5. The molecule has 0 fully saturated rings. The number of hydrogen-bond donors (Lipinski definition) is 0. The first kappa shape index (κ1) is 32.7. The molecule has 0 aliphatic carbocycles. The highest BCUT2D eigenvalue weighted by Gasteiger charge is 2.17. The van der Waals surface area contributed by atoms with Gasteiger partial charge >= 0.3 is 0 Å². The Labute approximate surface area is 316 Å². The van der Waals surface area contributed by atoms with Crippen LogP contribution >= 0.6 is 0 Å². The van der Waals surface area contributed by atoms with E-state index in [9.17, 15) is 0 Å². The van der Waals surface area contributed by atoms with Crippen LogP contribution < -0.4 is 0 Å². The van der Waals surface area contributed by atoms with Gasteiger partial charge in [-0.2, -0.15) is 0 Å². The second-order valence-electron chi connectivity index (χ2n) is 13.2. The zero-order valence-corrected chi connectivity index (χ0v) is 29.5. The van der Waals surface area contributed by atoms with Crippen LogP contribution in [0.25, 0.3) is 89.8 Å². The molecule has 54 heavy (non-hydrogen) atoms. The molecule has 0 aliphatic rings. The van der Waals surface area contributed by atoms with Crippen LogP contribution in [0.1, 0.15) is 0 Å². The summed E-state index contributed by atoms with van der Waals surface area (Å²) in [6, 6.07) is 74.1. The van der Waals surface area contributed by atoms with E-state index in [0.717, 1.165) is 50.1 Å². The van der Waals surface area contributed by atoms with Gasteiger partial charge in [-0.15, -0.1) is 0 Å². The van der Waals surface area contributed by atoms with Crippen molar-refractivity contribution in [1.82, 2.24) is 15.0 Å². The smallest absolute Gasteiger partial charge is 0.164 e. The maximum Gasteiger partial charge on any atom is 0.164 e. The summed E-state index contributed by atoms with van der Waals surface area (Å²) in [5.41, 5.74) is 14.2. The first-order valence-electron chi connectivity index (χ1n) is 18.2. The Morgan fingerprint density at radius 3 is 1.00 bits per heavy atom. The lowest BCUT2D eigenvalue weighted by molar-refractivity contribution is 1.07. The van der Waals surface area contributed by atoms with E-state index in [4.69, 9.17) is 15.0 Å². The van der Waals surface area contributed by atoms with Gasteiger partial charge in [-0.1, -0.05) is 200 Å². The van der Waals surface area contributed by atoms with E-state index < -0.39 is 0 Å². The Morgan fingerprint density at radius 2 is 0.500 bits per heavy atom. The Kier molecular flexibility index (Phi) is 8.94. The Hall–Kier alpha value is -7.23. The van der Waals surface area contributed by atoms with Crippen molar-refractivity contribution in [2.24, 2.45) is 0 Å². The Morgan fingerprint density at radius 1 is 0.185 bits per heavy atom. The van der Waals surface area contributed by atoms with Crippen LogP contribution in [0.2, 0.25) is 0 Å². The first-order chi connectivity index (χ1) is 26.8. The Bertz CT molecular complexity index is 2660. The molecule has 9 rings (SSSR count). The van der Waals surface area contributed by atoms with Crippen LogP contribution in [0.5, 0.6) is 0 Å². The number of aromatic nitrogens is 3. The molecule has 0 saturated heterocycles. The van der Waals surface area contributed by atoms with Crippen LogP contribution in [0.4, 0.5) is 0 Å². The predicted molar refractivity (Wildman–Crippen MR) is 223 cm³/mol. The van der Waals surface area contributed by atoms with Gasteiger partial charge in [-0.25, -0.2) is 15.0 Å². The van der Waals surface area contributed by atoms with Gasteiger partial charge in [0.1, 0.15) is 0 Å². The molecule has 9 aromatic rings. The van der Waals surface area contributed by atoms with E-state index >= 15 is 0 Å². The summed E-state index contributed by atoms with van der Waals surface area (Å²) in [7, 11) is 0. The molecule has 0 spiro atoms. The van der Waals surface area contributed by atoms with Gasteiger partial charge in [-0.3, -0.25) is 0 Å². The topological polar surface area (TPSA) is 38.7 Å². The summed E-state index contributed by atoms with van der Waals surface area (Å²) >= 11 is 0. The van der Waals surface area contributed by atoms with Gasteiger partial charge < -0.3 is 0 Å². The van der Waals surface area contributed by atoms with Gasteiger partial charge in [0.2, 0.25) is 0 Å². The lowest BCUT2D eigenvalue weighted by Crippen LogP contribution is -2.01. The molecule has 0 radical (unpaired) electrons. The molecule has 0 aliphatic heterocycles. The van der Waals surface area contributed by atoms with E-state index in [0.29, 0.717) is 17.5 Å². The van der Waals surface area contributed by atoms with Crippen LogP contribution in [-0.4, -0.2) is 15.0 Å². The maximum atomic E-state index is 5.20. The second kappa shape index (κ2) is 14.8. The van der Waals surface area contributed by atoms with Crippen molar-refractivity contribution in [1.29, 1.82) is 0 Å². The number of rotatable bonds is 8. The average molecular weight is 690 g/mol. The van der Waals surface area contributed by atoms with Gasteiger partial charge in [0.15, 0.2) is 17.5 Å². The highest BCUT2D eigenvalue weighted by molar-refractivity contribution is 5.87. The highest BCUT2D eigenvalue weighted by Crippen LogP contribution is 2.37. The molecule has 0 atom stereocenters. The van der Waals surface area contributed by atoms with E-state index in [1.165, 1.54) is 22.3 Å². The molecule has 0 N–H and O–H groups in total. The Balaban J connectivity index is 1.18. The summed E-state index contributed by atoms with van der Waals surface area (Å²) in [5.74, 6) is 1.87. The molecule has 0 bridgehead atoms. The zero-order valence-electron chi connectivity index (χ0n) is 29.5. The molecule has 1 aromatic heterocycles.